The van der Waals surface area contributed by atoms with Gasteiger partial charge in [-0.1, -0.05) is 0 Å². The van der Waals surface area contributed by atoms with Crippen molar-refractivity contribution in [3.63, 3.8) is 0 Å². The molecule has 5 heteroatoms. The summed E-state index contributed by atoms with van der Waals surface area (Å²) in [5.41, 5.74) is 0. The Morgan fingerprint density at radius 3 is 2.11 bits per heavy atom. The van der Waals surface area contributed by atoms with Crippen LogP contribution in [-0.2, 0) is 9.36 Å². The first-order valence-corrected chi connectivity index (χ1v) is 3.78. The van der Waals surface area contributed by atoms with Gasteiger partial charge >= 0.3 is 7.60 Å². The zero-order chi connectivity index (χ0) is 7.49. The van der Waals surface area contributed by atoms with Crippen molar-refractivity contribution in [3.8, 4) is 0 Å². The fourth-order valence-corrected chi connectivity index (χ4v) is 0.451. The lowest BCUT2D eigenvalue weighted by molar-refractivity contribution is -0.104. The molecule has 0 aromatic heterocycles. The fraction of sp³-hybridized carbons (Fsp3) is 0.250. The fourth-order valence-electron chi connectivity index (χ4n) is 0.196. The molecule has 0 aliphatic rings. The van der Waals surface area contributed by atoms with Crippen molar-refractivity contribution in [2.45, 2.75) is 6.92 Å². The Morgan fingerprint density at radius 1 is 1.56 bits per heavy atom. The van der Waals surface area contributed by atoms with E-state index in [0.29, 0.717) is 6.29 Å². The number of carbonyl (C=O) groups excluding carboxylic acids is 1. The van der Waals surface area contributed by atoms with E-state index in [-0.39, 0.29) is 5.31 Å². The Labute approximate surface area is 52.4 Å². The highest BCUT2D eigenvalue weighted by Gasteiger charge is 2.14. The molecule has 0 saturated carbocycles. The molecule has 2 N–H and O–H groups in total. The van der Waals surface area contributed by atoms with Gasteiger partial charge in [0.15, 0.2) is 0 Å². The van der Waals surface area contributed by atoms with E-state index in [0.717, 1.165) is 6.08 Å². The Bertz CT molecular complexity index is 177. The van der Waals surface area contributed by atoms with E-state index >= 15 is 0 Å². The predicted molar refractivity (Wildman–Crippen MR) is 31.9 cm³/mol. The number of hydrogen-bond donors (Lipinski definition) is 2. The van der Waals surface area contributed by atoms with Gasteiger partial charge in [0.1, 0.15) is 6.29 Å². The third-order valence-electron chi connectivity index (χ3n) is 0.769. The van der Waals surface area contributed by atoms with Gasteiger partial charge in [-0.25, -0.2) is 0 Å². The van der Waals surface area contributed by atoms with Gasteiger partial charge in [0.05, 0.1) is 0 Å². The van der Waals surface area contributed by atoms with Crippen molar-refractivity contribution in [2.24, 2.45) is 0 Å². The molecule has 0 saturated heterocycles. The number of rotatable bonds is 2. The van der Waals surface area contributed by atoms with Crippen molar-refractivity contribution in [2.75, 3.05) is 0 Å². The summed E-state index contributed by atoms with van der Waals surface area (Å²) < 4.78 is 10.2. The highest BCUT2D eigenvalue weighted by Crippen LogP contribution is 2.43. The highest BCUT2D eigenvalue weighted by molar-refractivity contribution is 7.56. The van der Waals surface area contributed by atoms with Crippen LogP contribution in [0.5, 0.6) is 0 Å². The molecule has 0 unspecified atom stereocenters. The SMILES string of the molecule is CC(=CC=O)P(=O)(O)O. The first kappa shape index (κ1) is 8.56. The van der Waals surface area contributed by atoms with E-state index in [1.807, 2.05) is 0 Å². The Kier molecular flexibility index (Phi) is 2.77. The molecule has 52 valence electrons. The molecule has 0 spiro atoms. The summed E-state index contributed by atoms with van der Waals surface area (Å²) in [5, 5.41) is -0.211. The lowest BCUT2D eigenvalue weighted by atomic mass is 10.6. The van der Waals surface area contributed by atoms with Crippen LogP contribution >= 0.6 is 7.60 Å². The quantitative estimate of drug-likeness (QED) is 0.336. The zero-order valence-corrected chi connectivity index (χ0v) is 5.71. The summed E-state index contributed by atoms with van der Waals surface area (Å²) >= 11 is 0. The van der Waals surface area contributed by atoms with Crippen molar-refractivity contribution in [3.05, 3.63) is 11.4 Å². The lowest BCUT2D eigenvalue weighted by Gasteiger charge is -1.99. The molecule has 4 nitrogen and oxygen atoms in total. The molecular formula is C4H7O4P. The maximum absolute atomic E-state index is 10.2. The molecule has 0 aromatic rings. The van der Waals surface area contributed by atoms with Crippen molar-refractivity contribution >= 4 is 13.9 Å². The van der Waals surface area contributed by atoms with E-state index < -0.39 is 7.60 Å². The Hall–Kier alpha value is -0.440. The topological polar surface area (TPSA) is 74.6 Å². The van der Waals surface area contributed by atoms with Gasteiger partial charge in [-0.3, -0.25) is 9.36 Å². The minimum absolute atomic E-state index is 0.211. The van der Waals surface area contributed by atoms with Crippen LogP contribution < -0.4 is 0 Å². The normalized spacial score (nSPS) is 13.4. The largest absolute Gasteiger partial charge is 0.352 e. The second-order valence-corrected chi connectivity index (χ2v) is 3.28. The van der Waals surface area contributed by atoms with Gasteiger partial charge in [-0.2, -0.15) is 0 Å². The first-order chi connectivity index (χ1) is 3.98. The van der Waals surface area contributed by atoms with Crippen LogP contribution in [0.25, 0.3) is 0 Å². The summed E-state index contributed by atoms with van der Waals surface area (Å²) in [5.74, 6) is 0. The summed E-state index contributed by atoms with van der Waals surface area (Å²) in [6, 6.07) is 0. The molecule has 0 bridgehead atoms. The molecule has 0 aliphatic heterocycles. The van der Waals surface area contributed by atoms with Crippen LogP contribution in [0.2, 0.25) is 0 Å². The van der Waals surface area contributed by atoms with Crippen LogP contribution in [0.3, 0.4) is 0 Å². The number of hydrogen-bond acceptors (Lipinski definition) is 2. The van der Waals surface area contributed by atoms with Gasteiger partial charge in [-0.15, -0.1) is 0 Å². The predicted octanol–water partition coefficient (Wildman–Crippen LogP) is 0.267. The monoisotopic (exact) mass is 150 g/mol. The second-order valence-electron chi connectivity index (χ2n) is 1.49. The third kappa shape index (κ3) is 3.19. The molecule has 0 radical (unpaired) electrons. The van der Waals surface area contributed by atoms with E-state index in [2.05, 4.69) is 0 Å². The van der Waals surface area contributed by atoms with Crippen molar-refractivity contribution in [1.82, 2.24) is 0 Å². The van der Waals surface area contributed by atoms with Gasteiger partial charge < -0.3 is 9.79 Å². The maximum atomic E-state index is 10.2. The van der Waals surface area contributed by atoms with E-state index in [1.165, 1.54) is 6.92 Å². The minimum atomic E-state index is -4.14. The van der Waals surface area contributed by atoms with Gasteiger partial charge in [0.2, 0.25) is 0 Å². The van der Waals surface area contributed by atoms with Gasteiger partial charge in [0.25, 0.3) is 0 Å². The van der Waals surface area contributed by atoms with Gasteiger partial charge in [0, 0.05) is 5.31 Å². The summed E-state index contributed by atoms with van der Waals surface area (Å²) in [7, 11) is -4.14. The van der Waals surface area contributed by atoms with E-state index in [9.17, 15) is 9.36 Å². The molecule has 9 heavy (non-hydrogen) atoms. The molecule has 0 heterocycles. The Morgan fingerprint density at radius 2 is 2.00 bits per heavy atom. The Balaban J connectivity index is 4.39. The second kappa shape index (κ2) is 2.92. The highest BCUT2D eigenvalue weighted by atomic mass is 31.2. The lowest BCUT2D eigenvalue weighted by Crippen LogP contribution is -1.79. The molecule has 0 atom stereocenters. The standard InChI is InChI=1S/C4H7O4P/c1-4(2-3-5)9(6,7)8/h2-3H,1H3,(H2,6,7,8). The molecule has 0 amide bonds. The first-order valence-electron chi connectivity index (χ1n) is 2.16. The molecule has 0 aromatic carbocycles. The number of aldehydes is 1. The average molecular weight is 150 g/mol. The summed E-state index contributed by atoms with van der Waals surface area (Å²) in [6.45, 7) is 1.20. The zero-order valence-electron chi connectivity index (χ0n) is 4.81. The van der Waals surface area contributed by atoms with Crippen LogP contribution in [-0.4, -0.2) is 16.1 Å². The van der Waals surface area contributed by atoms with Crippen LogP contribution in [0, 0.1) is 0 Å². The van der Waals surface area contributed by atoms with Crippen LogP contribution in [0.4, 0.5) is 0 Å². The average Bonchev–Trinajstić information content (AvgIpc) is 1.64. The third-order valence-corrected chi connectivity index (χ3v) is 1.84. The molecule has 0 fully saturated rings. The van der Waals surface area contributed by atoms with E-state index in [4.69, 9.17) is 9.79 Å². The van der Waals surface area contributed by atoms with Crippen LogP contribution in [0.15, 0.2) is 11.4 Å². The molecular weight excluding hydrogens is 143 g/mol. The maximum Gasteiger partial charge on any atom is 0.352 e. The molecule has 0 aliphatic carbocycles. The summed E-state index contributed by atoms with van der Waals surface area (Å²) in [4.78, 5) is 26.2. The van der Waals surface area contributed by atoms with Crippen molar-refractivity contribution < 1.29 is 19.1 Å². The number of carbonyl (C=O) groups is 1. The van der Waals surface area contributed by atoms with E-state index in [1.54, 1.807) is 0 Å². The van der Waals surface area contributed by atoms with Crippen LogP contribution in [0.1, 0.15) is 6.92 Å². The summed E-state index contributed by atoms with van der Waals surface area (Å²) in [6.07, 6.45) is 1.19. The smallest absolute Gasteiger partial charge is 0.321 e. The molecule has 0 rings (SSSR count). The minimum Gasteiger partial charge on any atom is -0.321 e. The van der Waals surface area contributed by atoms with Gasteiger partial charge in [-0.05, 0) is 13.0 Å². The van der Waals surface area contributed by atoms with Crippen molar-refractivity contribution in [1.29, 1.82) is 0 Å². The number of allylic oxidation sites excluding steroid dienone is 2.